The first-order valence-corrected chi connectivity index (χ1v) is 13.0. The van der Waals surface area contributed by atoms with Crippen molar-refractivity contribution >= 4 is 34.1 Å². The summed E-state index contributed by atoms with van der Waals surface area (Å²) in [6.07, 6.45) is 8.42. The average Bonchev–Trinajstić information content (AvgIpc) is 3.36. The monoisotopic (exact) mass is 492 g/mol. The fourth-order valence-electron chi connectivity index (χ4n) is 5.50. The highest BCUT2D eigenvalue weighted by Gasteiger charge is 2.31. The molecule has 2 aromatic carbocycles. The Kier molecular flexibility index (Phi) is 7.40. The molecule has 0 bridgehead atoms. The minimum Gasteiger partial charge on any atom is -0.496 e. The largest absolute Gasteiger partial charge is 0.496 e. The maximum absolute atomic E-state index is 13.2. The maximum Gasteiger partial charge on any atom is 0.257 e. The Balaban J connectivity index is 1.13. The number of anilines is 1. The lowest BCUT2D eigenvalue weighted by Crippen LogP contribution is -2.46. The van der Waals surface area contributed by atoms with Gasteiger partial charge in [0.2, 0.25) is 0 Å². The van der Waals surface area contributed by atoms with E-state index in [2.05, 4.69) is 15.6 Å². The van der Waals surface area contributed by atoms with Crippen LogP contribution in [0.25, 0.3) is 10.9 Å². The second-order valence-electron chi connectivity index (χ2n) is 9.62. The Labute approximate surface area is 212 Å². The molecule has 1 aliphatic carbocycles. The number of methoxy groups -OCH3 is 1. The van der Waals surface area contributed by atoms with E-state index >= 15 is 0 Å². The molecule has 0 spiro atoms. The zero-order valence-corrected chi connectivity index (χ0v) is 20.9. The Morgan fingerprint density at radius 1 is 1.09 bits per heavy atom. The highest BCUT2D eigenvalue weighted by atomic mass is 35.5. The molecule has 1 saturated carbocycles. The van der Waals surface area contributed by atoms with Crippen LogP contribution in [0.3, 0.4) is 0 Å². The first kappa shape index (κ1) is 23.9. The summed E-state index contributed by atoms with van der Waals surface area (Å²) >= 11 is 6.13. The third-order valence-corrected chi connectivity index (χ3v) is 7.64. The van der Waals surface area contributed by atoms with Crippen LogP contribution in [0.15, 0.2) is 54.7 Å². The average molecular weight is 493 g/mol. The number of ether oxygens (including phenoxy) is 1. The van der Waals surface area contributed by atoms with Crippen LogP contribution in [0.2, 0.25) is 5.02 Å². The number of carbonyl (C=O) groups is 1. The van der Waals surface area contributed by atoms with Gasteiger partial charge < -0.3 is 20.3 Å². The van der Waals surface area contributed by atoms with Gasteiger partial charge in [-0.25, -0.2) is 0 Å². The van der Waals surface area contributed by atoms with Crippen molar-refractivity contribution in [3.63, 3.8) is 0 Å². The van der Waals surface area contributed by atoms with Gasteiger partial charge in [-0.2, -0.15) is 0 Å². The topological polar surface area (TPSA) is 66.5 Å². The molecule has 5 rings (SSSR count). The van der Waals surface area contributed by atoms with Gasteiger partial charge in [0.25, 0.3) is 5.91 Å². The lowest BCUT2D eigenvalue weighted by atomic mass is 9.90. The molecule has 1 aromatic heterocycles. The summed E-state index contributed by atoms with van der Waals surface area (Å²) in [5, 5.41) is 9.32. The van der Waals surface area contributed by atoms with Gasteiger partial charge in [-0.15, -0.1) is 0 Å². The van der Waals surface area contributed by atoms with Crippen LogP contribution in [0, 0.1) is 0 Å². The number of fused-ring (bicyclic) bond motifs is 1. The molecular weight excluding hydrogens is 460 g/mol. The van der Waals surface area contributed by atoms with Crippen LogP contribution in [-0.4, -0.2) is 54.1 Å². The predicted molar refractivity (Wildman–Crippen MR) is 141 cm³/mol. The first-order valence-electron chi connectivity index (χ1n) is 12.6. The Hall–Kier alpha value is -2.83. The fourth-order valence-corrected chi connectivity index (χ4v) is 5.67. The maximum atomic E-state index is 13.2. The van der Waals surface area contributed by atoms with Crippen LogP contribution in [0.4, 0.5) is 5.69 Å². The summed E-state index contributed by atoms with van der Waals surface area (Å²) in [6, 6.07) is 16.6. The van der Waals surface area contributed by atoms with Crippen LogP contribution in [0.5, 0.6) is 5.75 Å². The van der Waals surface area contributed by atoms with Crippen molar-refractivity contribution < 1.29 is 9.53 Å². The fraction of sp³-hybridized carbons (Fsp3) is 0.429. The van der Waals surface area contributed by atoms with Gasteiger partial charge in [0.05, 0.1) is 18.2 Å². The molecule has 35 heavy (non-hydrogen) atoms. The van der Waals surface area contributed by atoms with Gasteiger partial charge in [0.1, 0.15) is 5.75 Å². The Morgan fingerprint density at radius 2 is 1.89 bits per heavy atom. The lowest BCUT2D eigenvalue weighted by Gasteiger charge is -2.32. The summed E-state index contributed by atoms with van der Waals surface area (Å²) < 4.78 is 5.42. The van der Waals surface area contributed by atoms with Crippen molar-refractivity contribution in [1.82, 2.24) is 15.2 Å². The van der Waals surface area contributed by atoms with E-state index in [1.165, 1.54) is 0 Å². The number of amides is 1. The number of pyridine rings is 1. The third-order valence-electron chi connectivity index (χ3n) is 7.41. The van der Waals surface area contributed by atoms with Crippen molar-refractivity contribution in [1.29, 1.82) is 0 Å². The molecule has 0 radical (unpaired) electrons. The summed E-state index contributed by atoms with van der Waals surface area (Å²) in [7, 11) is 1.62. The number of carbonyl (C=O) groups excluding carboxylic acids is 1. The normalized spacial score (nSPS) is 22.3. The van der Waals surface area contributed by atoms with Gasteiger partial charge in [0, 0.05) is 53.5 Å². The van der Waals surface area contributed by atoms with Gasteiger partial charge in [-0.3, -0.25) is 9.78 Å². The SMILES string of the molecule is COc1ccccc1C(=O)N1CCC[C@@H]1CNC1CCC(Nc2ccnc3cc(Cl)ccc23)CC1. The van der Waals surface area contributed by atoms with E-state index in [1.54, 1.807) is 7.11 Å². The number of benzene rings is 2. The summed E-state index contributed by atoms with van der Waals surface area (Å²) in [6.45, 7) is 1.66. The number of nitrogens with one attached hydrogen (secondary N) is 2. The summed E-state index contributed by atoms with van der Waals surface area (Å²) in [5.74, 6) is 0.720. The van der Waals surface area contributed by atoms with Crippen molar-refractivity contribution in [3.05, 3.63) is 65.3 Å². The number of halogens is 1. The van der Waals surface area contributed by atoms with Gasteiger partial charge in [0.15, 0.2) is 0 Å². The standard InChI is InChI=1S/C28H33ClN4O2/c1-35-27-7-3-2-6-24(27)28(34)33-16-4-5-22(33)18-31-20-9-11-21(12-10-20)32-25-14-15-30-26-17-19(29)8-13-23(25)26/h2-3,6-8,13-15,17,20-22,31H,4-5,9-12,16,18H2,1H3,(H,30,32)/t20?,21?,22-/m1/s1. The van der Waals surface area contributed by atoms with Gasteiger partial charge in [-0.05, 0) is 74.9 Å². The quantitative estimate of drug-likeness (QED) is 0.455. The molecule has 2 fully saturated rings. The third kappa shape index (κ3) is 5.39. The first-order chi connectivity index (χ1) is 17.1. The van der Waals surface area contributed by atoms with Crippen molar-refractivity contribution in [2.24, 2.45) is 0 Å². The van der Waals surface area contributed by atoms with E-state index in [-0.39, 0.29) is 11.9 Å². The highest BCUT2D eigenvalue weighted by molar-refractivity contribution is 6.31. The van der Waals surface area contributed by atoms with E-state index < -0.39 is 0 Å². The van der Waals surface area contributed by atoms with Crippen LogP contribution >= 0.6 is 11.6 Å². The van der Waals surface area contributed by atoms with Gasteiger partial charge >= 0.3 is 0 Å². The van der Waals surface area contributed by atoms with Gasteiger partial charge in [-0.1, -0.05) is 23.7 Å². The Bertz CT molecular complexity index is 1180. The Morgan fingerprint density at radius 3 is 2.71 bits per heavy atom. The number of hydrogen-bond donors (Lipinski definition) is 2. The molecule has 1 saturated heterocycles. The molecule has 1 atom stereocenters. The van der Waals surface area contributed by atoms with E-state index in [1.807, 2.05) is 59.6 Å². The summed E-state index contributed by atoms with van der Waals surface area (Å²) in [5.41, 5.74) is 2.69. The molecule has 6 nitrogen and oxygen atoms in total. The molecule has 2 heterocycles. The van der Waals surface area contributed by atoms with Crippen molar-refractivity contribution in [3.8, 4) is 5.75 Å². The lowest BCUT2D eigenvalue weighted by molar-refractivity contribution is 0.0729. The minimum absolute atomic E-state index is 0.0746. The molecule has 2 N–H and O–H groups in total. The number of rotatable bonds is 7. The number of likely N-dealkylation sites (tertiary alicyclic amines) is 1. The molecular formula is C28H33ClN4O2. The van der Waals surface area contributed by atoms with Crippen molar-refractivity contribution in [2.45, 2.75) is 56.7 Å². The predicted octanol–water partition coefficient (Wildman–Crippen LogP) is 5.51. The number of aromatic nitrogens is 1. The van der Waals surface area contributed by atoms with E-state index in [0.717, 1.165) is 68.2 Å². The zero-order valence-electron chi connectivity index (χ0n) is 20.2. The van der Waals surface area contributed by atoms with E-state index in [4.69, 9.17) is 16.3 Å². The molecule has 3 aromatic rings. The number of para-hydroxylation sites is 1. The molecule has 184 valence electrons. The highest BCUT2D eigenvalue weighted by Crippen LogP contribution is 2.29. The molecule has 2 aliphatic rings. The van der Waals surface area contributed by atoms with Crippen LogP contribution < -0.4 is 15.4 Å². The molecule has 1 aliphatic heterocycles. The second kappa shape index (κ2) is 10.8. The van der Waals surface area contributed by atoms with E-state index in [0.29, 0.717) is 28.4 Å². The van der Waals surface area contributed by atoms with Crippen molar-refractivity contribution in [2.75, 3.05) is 25.5 Å². The van der Waals surface area contributed by atoms with E-state index in [9.17, 15) is 4.79 Å². The summed E-state index contributed by atoms with van der Waals surface area (Å²) in [4.78, 5) is 19.7. The molecule has 1 amide bonds. The van der Waals surface area contributed by atoms with Crippen LogP contribution in [-0.2, 0) is 0 Å². The minimum atomic E-state index is 0.0746. The van der Waals surface area contributed by atoms with Crippen LogP contribution in [0.1, 0.15) is 48.9 Å². The number of hydrogen-bond acceptors (Lipinski definition) is 5. The number of nitrogens with zero attached hydrogens (tertiary/aromatic N) is 2. The zero-order chi connectivity index (χ0) is 24.2. The molecule has 7 heteroatoms. The smallest absolute Gasteiger partial charge is 0.257 e. The molecule has 0 unspecified atom stereocenters. The second-order valence-corrected chi connectivity index (χ2v) is 10.1.